The molecule has 0 radical (unpaired) electrons. The fourth-order valence-corrected chi connectivity index (χ4v) is 2.30. The van der Waals surface area contributed by atoms with Gasteiger partial charge in [-0.3, -0.25) is 19.7 Å². The number of nitrogens with one attached hydrogen (secondary N) is 2. The Kier molecular flexibility index (Phi) is 6.60. The summed E-state index contributed by atoms with van der Waals surface area (Å²) in [6, 6.07) is -1.30. The van der Waals surface area contributed by atoms with Crippen molar-refractivity contribution in [1.29, 1.82) is 0 Å². The molecule has 0 aromatic carbocycles. The van der Waals surface area contributed by atoms with E-state index < -0.39 is 18.0 Å². The van der Waals surface area contributed by atoms with Crippen molar-refractivity contribution in [3.8, 4) is 0 Å². The van der Waals surface area contributed by atoms with Gasteiger partial charge in [-0.15, -0.1) is 0 Å². The Morgan fingerprint density at radius 1 is 1.30 bits per heavy atom. The van der Waals surface area contributed by atoms with E-state index in [0.29, 0.717) is 19.3 Å². The van der Waals surface area contributed by atoms with Crippen LogP contribution < -0.4 is 22.1 Å². The molecule has 0 spiro atoms. The maximum atomic E-state index is 12.1. The molecule has 1 rings (SSSR count). The summed E-state index contributed by atoms with van der Waals surface area (Å²) < 4.78 is 0. The smallest absolute Gasteiger partial charge is 0.237 e. The van der Waals surface area contributed by atoms with Crippen LogP contribution in [-0.2, 0) is 14.4 Å². The monoisotopic (exact) mass is 284 g/mol. The highest BCUT2D eigenvalue weighted by atomic mass is 16.2. The number of carbonyl (C=O) groups is 3. The highest BCUT2D eigenvalue weighted by molar-refractivity contribution is 5.92. The standard InChI is InChI=1S/C13H24N4O3/c1-2-3-4-8(14)12(19)9-5-6-10(17-9)13(20)16-7-11(15)18/h8-10,17H,2-7,14H2,1H3,(H2,15,18)(H,16,20)/t8-,9?,10-/m0/s1. The van der Waals surface area contributed by atoms with Crippen LogP contribution >= 0.6 is 0 Å². The third kappa shape index (κ3) is 4.90. The first-order valence-electron chi connectivity index (χ1n) is 7.07. The molecule has 0 aliphatic carbocycles. The molecule has 0 saturated carbocycles. The number of carbonyl (C=O) groups excluding carboxylic acids is 3. The lowest BCUT2D eigenvalue weighted by Gasteiger charge is -2.17. The first kappa shape index (κ1) is 16.6. The lowest BCUT2D eigenvalue weighted by atomic mass is 10.00. The van der Waals surface area contributed by atoms with Crippen LogP contribution in [0.15, 0.2) is 0 Å². The summed E-state index contributed by atoms with van der Waals surface area (Å²) in [5.74, 6) is -0.935. The second-order valence-corrected chi connectivity index (χ2v) is 5.18. The van der Waals surface area contributed by atoms with E-state index >= 15 is 0 Å². The van der Waals surface area contributed by atoms with Gasteiger partial charge in [0.2, 0.25) is 11.8 Å². The number of hydrogen-bond acceptors (Lipinski definition) is 5. The van der Waals surface area contributed by atoms with E-state index in [0.717, 1.165) is 12.8 Å². The quantitative estimate of drug-likeness (QED) is 0.445. The Morgan fingerprint density at radius 2 is 1.95 bits per heavy atom. The van der Waals surface area contributed by atoms with Crippen LogP contribution in [0, 0.1) is 0 Å². The summed E-state index contributed by atoms with van der Waals surface area (Å²) in [6.45, 7) is 1.86. The second kappa shape index (κ2) is 7.96. The van der Waals surface area contributed by atoms with Crippen molar-refractivity contribution in [3.63, 3.8) is 0 Å². The van der Waals surface area contributed by atoms with Crippen molar-refractivity contribution in [2.24, 2.45) is 11.5 Å². The number of amides is 2. The highest BCUT2D eigenvalue weighted by Gasteiger charge is 2.34. The van der Waals surface area contributed by atoms with Gasteiger partial charge in [-0.1, -0.05) is 19.8 Å². The zero-order chi connectivity index (χ0) is 15.1. The third-order valence-corrected chi connectivity index (χ3v) is 3.48. The zero-order valence-corrected chi connectivity index (χ0v) is 11.9. The van der Waals surface area contributed by atoms with Crippen LogP contribution in [0.2, 0.25) is 0 Å². The number of rotatable bonds is 8. The molecule has 7 heteroatoms. The zero-order valence-electron chi connectivity index (χ0n) is 11.9. The van der Waals surface area contributed by atoms with Gasteiger partial charge in [0.05, 0.1) is 24.7 Å². The fourth-order valence-electron chi connectivity index (χ4n) is 2.30. The Hall–Kier alpha value is -1.47. The average Bonchev–Trinajstić information content (AvgIpc) is 2.90. The van der Waals surface area contributed by atoms with Gasteiger partial charge in [0.25, 0.3) is 0 Å². The minimum atomic E-state index is -0.592. The Morgan fingerprint density at radius 3 is 2.55 bits per heavy atom. The van der Waals surface area contributed by atoms with Crippen molar-refractivity contribution in [2.75, 3.05) is 6.54 Å². The molecule has 1 aliphatic heterocycles. The molecule has 3 atom stereocenters. The third-order valence-electron chi connectivity index (χ3n) is 3.48. The van der Waals surface area contributed by atoms with Gasteiger partial charge in [-0.25, -0.2) is 0 Å². The van der Waals surface area contributed by atoms with Crippen LogP contribution in [0.5, 0.6) is 0 Å². The summed E-state index contributed by atoms with van der Waals surface area (Å²) >= 11 is 0. The van der Waals surface area contributed by atoms with E-state index in [-0.39, 0.29) is 24.3 Å². The van der Waals surface area contributed by atoms with E-state index in [1.54, 1.807) is 0 Å². The second-order valence-electron chi connectivity index (χ2n) is 5.18. The first-order chi connectivity index (χ1) is 9.45. The molecule has 6 N–H and O–H groups in total. The SMILES string of the molecule is CCCC[C@H](N)C(=O)C1CC[C@@H](C(=O)NCC(N)=O)N1. The molecule has 2 amide bonds. The molecule has 0 aromatic heterocycles. The lowest BCUT2D eigenvalue weighted by molar-refractivity contribution is -0.126. The normalized spacial score (nSPS) is 23.3. The maximum absolute atomic E-state index is 12.1. The van der Waals surface area contributed by atoms with Gasteiger partial charge < -0.3 is 16.8 Å². The number of Topliss-reactive ketones (excluding diaryl/α,β-unsaturated/α-hetero) is 1. The molecule has 20 heavy (non-hydrogen) atoms. The largest absolute Gasteiger partial charge is 0.368 e. The molecule has 1 fully saturated rings. The minimum absolute atomic E-state index is 0.0383. The molecule has 0 aromatic rings. The summed E-state index contributed by atoms with van der Waals surface area (Å²) in [4.78, 5) is 34.4. The predicted octanol–water partition coefficient (Wildman–Crippen LogP) is -1.20. The van der Waals surface area contributed by atoms with Gasteiger partial charge in [-0.2, -0.15) is 0 Å². The van der Waals surface area contributed by atoms with Crippen molar-refractivity contribution in [3.05, 3.63) is 0 Å². The maximum Gasteiger partial charge on any atom is 0.237 e. The van der Waals surface area contributed by atoms with Crippen LogP contribution in [0.4, 0.5) is 0 Å². The van der Waals surface area contributed by atoms with Crippen LogP contribution in [0.1, 0.15) is 39.0 Å². The molecule has 1 aliphatic rings. The molecule has 1 saturated heterocycles. The van der Waals surface area contributed by atoms with Crippen molar-refractivity contribution in [2.45, 2.75) is 57.2 Å². The molecule has 1 heterocycles. The molecule has 1 unspecified atom stereocenters. The van der Waals surface area contributed by atoms with Crippen molar-refractivity contribution < 1.29 is 14.4 Å². The van der Waals surface area contributed by atoms with Gasteiger partial charge >= 0.3 is 0 Å². The summed E-state index contributed by atoms with van der Waals surface area (Å²) in [6.07, 6.45) is 3.74. The highest BCUT2D eigenvalue weighted by Crippen LogP contribution is 2.15. The topological polar surface area (TPSA) is 127 Å². The van der Waals surface area contributed by atoms with E-state index in [1.807, 2.05) is 6.92 Å². The van der Waals surface area contributed by atoms with Crippen molar-refractivity contribution >= 4 is 17.6 Å². The fraction of sp³-hybridized carbons (Fsp3) is 0.769. The van der Waals surface area contributed by atoms with Crippen LogP contribution in [-0.4, -0.2) is 42.3 Å². The molecule has 7 nitrogen and oxygen atoms in total. The Labute approximate surface area is 118 Å². The molecule has 114 valence electrons. The molecule has 0 bridgehead atoms. The molecular formula is C13H24N4O3. The average molecular weight is 284 g/mol. The number of unbranched alkanes of at least 4 members (excludes halogenated alkanes) is 1. The van der Waals surface area contributed by atoms with Crippen LogP contribution in [0.3, 0.4) is 0 Å². The van der Waals surface area contributed by atoms with Crippen molar-refractivity contribution in [1.82, 2.24) is 10.6 Å². The van der Waals surface area contributed by atoms with E-state index in [4.69, 9.17) is 11.5 Å². The summed E-state index contributed by atoms with van der Waals surface area (Å²) in [7, 11) is 0. The van der Waals surface area contributed by atoms with E-state index in [2.05, 4.69) is 10.6 Å². The summed E-state index contributed by atoms with van der Waals surface area (Å²) in [5, 5.41) is 5.41. The number of hydrogen-bond donors (Lipinski definition) is 4. The Bertz CT molecular complexity index is 373. The number of nitrogens with two attached hydrogens (primary N) is 2. The van der Waals surface area contributed by atoms with Gasteiger partial charge in [0.15, 0.2) is 5.78 Å². The van der Waals surface area contributed by atoms with Gasteiger partial charge in [0, 0.05) is 0 Å². The number of primary amides is 1. The van der Waals surface area contributed by atoms with Gasteiger partial charge in [-0.05, 0) is 19.3 Å². The number of ketones is 1. The lowest BCUT2D eigenvalue weighted by Crippen LogP contribution is -2.49. The van der Waals surface area contributed by atoms with E-state index in [9.17, 15) is 14.4 Å². The van der Waals surface area contributed by atoms with Gasteiger partial charge in [0.1, 0.15) is 0 Å². The summed E-state index contributed by atoms with van der Waals surface area (Å²) in [5.41, 5.74) is 10.8. The van der Waals surface area contributed by atoms with Crippen LogP contribution in [0.25, 0.3) is 0 Å². The first-order valence-corrected chi connectivity index (χ1v) is 7.07. The van der Waals surface area contributed by atoms with E-state index in [1.165, 1.54) is 0 Å². The predicted molar refractivity (Wildman–Crippen MR) is 74.7 cm³/mol. The minimum Gasteiger partial charge on any atom is -0.368 e. The Balaban J connectivity index is 2.40. The molecular weight excluding hydrogens is 260 g/mol.